The van der Waals surface area contributed by atoms with Crippen LogP contribution >= 0.6 is 0 Å². The van der Waals surface area contributed by atoms with Gasteiger partial charge in [0.15, 0.2) is 5.78 Å². The Morgan fingerprint density at radius 3 is 2.62 bits per heavy atom. The number of Topliss-reactive ketones (excluding diaryl/α,β-unsaturated/α-hetero) is 1. The third-order valence-corrected chi connectivity index (χ3v) is 5.17. The number of hydrogen-bond donors (Lipinski definition) is 1. The highest BCUT2D eigenvalue weighted by molar-refractivity contribution is 6.05. The molecule has 0 spiro atoms. The van der Waals surface area contributed by atoms with Gasteiger partial charge in [0, 0.05) is 12.6 Å². The molecule has 1 N–H and O–H groups in total. The number of ketones is 1. The number of amides is 1. The second-order valence-electron chi connectivity index (χ2n) is 7.15. The Labute approximate surface area is 169 Å². The van der Waals surface area contributed by atoms with Crippen LogP contribution in [0.5, 0.6) is 5.75 Å². The molecule has 6 heteroatoms. The fraction of sp³-hybridized carbons (Fsp3) is 0.217. The van der Waals surface area contributed by atoms with Crippen LogP contribution in [0.15, 0.2) is 54.7 Å². The van der Waals surface area contributed by atoms with Crippen molar-refractivity contribution in [1.82, 2.24) is 9.97 Å². The van der Waals surface area contributed by atoms with Crippen LogP contribution in [0.4, 0.5) is 5.95 Å². The lowest BCUT2D eigenvalue weighted by molar-refractivity contribution is 0.0962. The number of carbonyl (C=O) groups is 2. The van der Waals surface area contributed by atoms with E-state index in [1.165, 1.54) is 18.9 Å². The molecular weight excluding hydrogens is 366 g/mol. The molecule has 1 aliphatic rings. The topological polar surface area (TPSA) is 81.2 Å². The molecule has 0 saturated carbocycles. The molecule has 146 valence electrons. The Hall–Kier alpha value is -3.54. The van der Waals surface area contributed by atoms with Crippen molar-refractivity contribution in [3.8, 4) is 5.75 Å². The van der Waals surface area contributed by atoms with Gasteiger partial charge in [0.05, 0.1) is 23.9 Å². The smallest absolute Gasteiger partial charge is 0.261 e. The van der Waals surface area contributed by atoms with E-state index in [0.29, 0.717) is 35.4 Å². The number of hydrogen-bond acceptors (Lipinski definition) is 5. The monoisotopic (exact) mass is 387 g/mol. The van der Waals surface area contributed by atoms with E-state index in [-0.39, 0.29) is 23.6 Å². The van der Waals surface area contributed by atoms with Crippen LogP contribution in [0.3, 0.4) is 0 Å². The van der Waals surface area contributed by atoms with Crippen LogP contribution in [0.1, 0.15) is 49.9 Å². The summed E-state index contributed by atoms with van der Waals surface area (Å²) in [5, 5.41) is 2.71. The van der Waals surface area contributed by atoms with Gasteiger partial charge in [-0.1, -0.05) is 42.0 Å². The minimum Gasteiger partial charge on any atom is -0.496 e. The van der Waals surface area contributed by atoms with Crippen molar-refractivity contribution in [3.05, 3.63) is 82.7 Å². The molecule has 3 aromatic rings. The normalized spacial score (nSPS) is 15.5. The Balaban J connectivity index is 1.58. The third-order valence-electron chi connectivity index (χ3n) is 5.17. The number of ether oxygens (including phenoxy) is 1. The maximum atomic E-state index is 12.6. The second-order valence-corrected chi connectivity index (χ2v) is 7.15. The minimum absolute atomic E-state index is 0.0273. The Morgan fingerprint density at radius 2 is 1.86 bits per heavy atom. The molecule has 2 aromatic carbocycles. The molecule has 1 aromatic heterocycles. The number of nitrogens with one attached hydrogen (secondary N) is 1. The first-order valence-corrected chi connectivity index (χ1v) is 9.45. The molecular formula is C23H21N3O3. The largest absolute Gasteiger partial charge is 0.496 e. The van der Waals surface area contributed by atoms with Crippen LogP contribution in [-0.4, -0.2) is 28.8 Å². The Kier molecular flexibility index (Phi) is 5.08. The van der Waals surface area contributed by atoms with E-state index in [2.05, 4.69) is 27.4 Å². The Bertz CT molecular complexity index is 1080. The molecule has 0 unspecified atom stereocenters. The molecule has 0 fully saturated rings. The van der Waals surface area contributed by atoms with Crippen LogP contribution in [-0.2, 0) is 6.42 Å². The summed E-state index contributed by atoms with van der Waals surface area (Å²) in [6, 6.07) is 15.2. The lowest BCUT2D eigenvalue weighted by Gasteiger charge is -2.23. The van der Waals surface area contributed by atoms with Gasteiger partial charge in [-0.05, 0) is 37.0 Å². The minimum atomic E-state index is -0.361. The van der Waals surface area contributed by atoms with E-state index in [1.54, 1.807) is 24.3 Å². The second kappa shape index (κ2) is 7.83. The maximum absolute atomic E-state index is 12.6. The van der Waals surface area contributed by atoms with E-state index >= 15 is 0 Å². The molecule has 1 amide bonds. The number of methoxy groups -OCH3 is 1. The number of nitrogens with zero attached hydrogens (tertiary/aromatic N) is 2. The summed E-state index contributed by atoms with van der Waals surface area (Å²) >= 11 is 0. The van der Waals surface area contributed by atoms with Crippen LogP contribution in [0, 0.1) is 6.92 Å². The number of para-hydroxylation sites is 1. The fourth-order valence-corrected chi connectivity index (χ4v) is 3.58. The van der Waals surface area contributed by atoms with Crippen molar-refractivity contribution < 1.29 is 14.3 Å². The average molecular weight is 387 g/mol. The van der Waals surface area contributed by atoms with Crippen LogP contribution in [0.2, 0.25) is 0 Å². The zero-order valence-corrected chi connectivity index (χ0v) is 16.3. The maximum Gasteiger partial charge on any atom is 0.261 e. The average Bonchev–Trinajstić information content (AvgIpc) is 2.74. The lowest BCUT2D eigenvalue weighted by Crippen LogP contribution is -2.22. The van der Waals surface area contributed by atoms with Gasteiger partial charge in [-0.3, -0.25) is 14.9 Å². The van der Waals surface area contributed by atoms with Crippen molar-refractivity contribution in [2.45, 2.75) is 25.7 Å². The van der Waals surface area contributed by atoms with E-state index in [9.17, 15) is 9.59 Å². The highest BCUT2D eigenvalue weighted by Gasteiger charge is 2.28. The summed E-state index contributed by atoms with van der Waals surface area (Å²) in [5.74, 6) is 0.386. The van der Waals surface area contributed by atoms with E-state index in [4.69, 9.17) is 4.74 Å². The first-order valence-electron chi connectivity index (χ1n) is 9.45. The quantitative estimate of drug-likeness (QED) is 0.733. The first kappa shape index (κ1) is 18.8. The number of aryl methyl sites for hydroxylation is 1. The molecule has 1 atom stereocenters. The summed E-state index contributed by atoms with van der Waals surface area (Å²) in [6.45, 7) is 2.04. The summed E-state index contributed by atoms with van der Waals surface area (Å²) in [4.78, 5) is 33.8. The number of carbonyl (C=O) groups excluding carboxylic acids is 2. The molecule has 0 aliphatic heterocycles. The summed E-state index contributed by atoms with van der Waals surface area (Å²) in [7, 11) is 1.51. The standard InChI is InChI=1S/C23H21N3O3/c1-14-7-9-15(10-8-14)16-11-19-18(20(27)12-16)13-24-23(25-19)26-22(28)17-5-3-4-6-21(17)29-2/h3-10,13,16H,11-12H2,1-2H3,(H,24,25,26,28)/t16-/m1/s1. The highest BCUT2D eigenvalue weighted by atomic mass is 16.5. The highest BCUT2D eigenvalue weighted by Crippen LogP contribution is 2.32. The van der Waals surface area contributed by atoms with Gasteiger partial charge in [0.25, 0.3) is 5.91 Å². The zero-order valence-electron chi connectivity index (χ0n) is 16.3. The number of rotatable bonds is 4. The molecule has 29 heavy (non-hydrogen) atoms. The van der Waals surface area contributed by atoms with Crippen LogP contribution < -0.4 is 10.1 Å². The van der Waals surface area contributed by atoms with E-state index < -0.39 is 0 Å². The number of anilines is 1. The summed E-state index contributed by atoms with van der Waals surface area (Å²) < 4.78 is 5.23. The van der Waals surface area contributed by atoms with E-state index in [1.807, 2.05) is 19.1 Å². The predicted octanol–water partition coefficient (Wildman–Crippen LogP) is 3.96. The molecule has 0 radical (unpaired) electrons. The summed E-state index contributed by atoms with van der Waals surface area (Å²) in [5.41, 5.74) is 3.89. The lowest BCUT2D eigenvalue weighted by atomic mass is 9.82. The first-order chi connectivity index (χ1) is 14.0. The number of benzene rings is 2. The van der Waals surface area contributed by atoms with Gasteiger partial charge >= 0.3 is 0 Å². The van der Waals surface area contributed by atoms with Gasteiger partial charge < -0.3 is 4.74 Å². The predicted molar refractivity (Wildman–Crippen MR) is 110 cm³/mol. The fourth-order valence-electron chi connectivity index (χ4n) is 3.58. The third kappa shape index (κ3) is 3.87. The van der Waals surface area contributed by atoms with Crippen molar-refractivity contribution in [2.24, 2.45) is 0 Å². The van der Waals surface area contributed by atoms with Crippen molar-refractivity contribution in [1.29, 1.82) is 0 Å². The number of fused-ring (bicyclic) bond motifs is 1. The molecule has 4 rings (SSSR count). The summed E-state index contributed by atoms with van der Waals surface area (Å²) in [6.07, 6.45) is 2.57. The molecule has 1 heterocycles. The zero-order chi connectivity index (χ0) is 20.4. The van der Waals surface area contributed by atoms with Crippen molar-refractivity contribution in [3.63, 3.8) is 0 Å². The van der Waals surface area contributed by atoms with E-state index in [0.717, 1.165) is 5.56 Å². The SMILES string of the molecule is COc1ccccc1C(=O)Nc1ncc2c(n1)C[C@@H](c1ccc(C)cc1)CC2=O. The molecule has 0 saturated heterocycles. The van der Waals surface area contributed by atoms with Gasteiger partial charge in [-0.25, -0.2) is 9.97 Å². The van der Waals surface area contributed by atoms with Crippen molar-refractivity contribution >= 4 is 17.6 Å². The molecule has 6 nitrogen and oxygen atoms in total. The Morgan fingerprint density at radius 1 is 1.10 bits per heavy atom. The van der Waals surface area contributed by atoms with Crippen LogP contribution in [0.25, 0.3) is 0 Å². The molecule has 1 aliphatic carbocycles. The van der Waals surface area contributed by atoms with Gasteiger partial charge in [-0.15, -0.1) is 0 Å². The van der Waals surface area contributed by atoms with Gasteiger partial charge in [0.1, 0.15) is 5.75 Å². The van der Waals surface area contributed by atoms with Gasteiger partial charge in [-0.2, -0.15) is 0 Å². The van der Waals surface area contributed by atoms with Crippen molar-refractivity contribution in [2.75, 3.05) is 12.4 Å². The van der Waals surface area contributed by atoms with Gasteiger partial charge in [0.2, 0.25) is 5.95 Å². The molecule has 0 bridgehead atoms. The number of aromatic nitrogens is 2.